The molecule has 0 spiro atoms. The highest BCUT2D eigenvalue weighted by Crippen LogP contribution is 2.48. The Balaban J connectivity index is 1.85. The van der Waals surface area contributed by atoms with Crippen LogP contribution in [-0.4, -0.2) is 59.9 Å². The Morgan fingerprint density at radius 3 is 2.57 bits per heavy atom. The van der Waals surface area contributed by atoms with Crippen LogP contribution < -0.4 is 0 Å². The van der Waals surface area contributed by atoms with Gasteiger partial charge in [0.15, 0.2) is 0 Å². The summed E-state index contributed by atoms with van der Waals surface area (Å²) in [6.45, 7) is 0.903. The zero-order valence-corrected chi connectivity index (χ0v) is 12.8. The standard InChI is InChI=1S/C15H24N2O4/c1-16(2)12(18)6-3-7-13(19)17-9-11-5-4-8-15(11,10-17)14(20)21/h11H,3-10H2,1-2H3,(H,20,21)/t11-,15+/m0/s1. The van der Waals surface area contributed by atoms with Crippen LogP contribution in [0.3, 0.4) is 0 Å². The van der Waals surface area contributed by atoms with Crippen molar-refractivity contribution in [2.45, 2.75) is 38.5 Å². The minimum Gasteiger partial charge on any atom is -0.481 e. The fraction of sp³-hybridized carbons (Fsp3) is 0.800. The van der Waals surface area contributed by atoms with E-state index in [1.165, 1.54) is 4.90 Å². The van der Waals surface area contributed by atoms with E-state index in [1.54, 1.807) is 19.0 Å². The van der Waals surface area contributed by atoms with Crippen LogP contribution in [0.2, 0.25) is 0 Å². The zero-order chi connectivity index (χ0) is 15.6. The van der Waals surface area contributed by atoms with Crippen LogP contribution >= 0.6 is 0 Å². The summed E-state index contributed by atoms with van der Waals surface area (Å²) in [5.74, 6) is -0.662. The lowest BCUT2D eigenvalue weighted by Crippen LogP contribution is -2.37. The molecule has 1 N–H and O–H groups in total. The number of hydrogen-bond acceptors (Lipinski definition) is 3. The van der Waals surface area contributed by atoms with Gasteiger partial charge in [-0.1, -0.05) is 6.42 Å². The first-order chi connectivity index (χ1) is 9.86. The number of aliphatic carboxylic acids is 1. The third-order valence-corrected chi connectivity index (χ3v) is 4.93. The lowest BCUT2D eigenvalue weighted by Gasteiger charge is -2.23. The van der Waals surface area contributed by atoms with E-state index < -0.39 is 11.4 Å². The average molecular weight is 296 g/mol. The molecule has 118 valence electrons. The van der Waals surface area contributed by atoms with Crippen LogP contribution in [-0.2, 0) is 14.4 Å². The number of fused-ring (bicyclic) bond motifs is 1. The Morgan fingerprint density at radius 1 is 1.29 bits per heavy atom. The van der Waals surface area contributed by atoms with Gasteiger partial charge >= 0.3 is 5.97 Å². The first-order valence-electron chi connectivity index (χ1n) is 7.58. The second-order valence-electron chi connectivity index (χ2n) is 6.47. The molecule has 0 aromatic carbocycles. The van der Waals surface area contributed by atoms with Crippen LogP contribution in [0.4, 0.5) is 0 Å². The highest BCUT2D eigenvalue weighted by atomic mass is 16.4. The molecule has 21 heavy (non-hydrogen) atoms. The number of rotatable bonds is 5. The number of nitrogens with zero attached hydrogens (tertiary/aromatic N) is 2. The Morgan fingerprint density at radius 2 is 2.00 bits per heavy atom. The fourth-order valence-corrected chi connectivity index (χ4v) is 3.60. The molecule has 2 atom stereocenters. The van der Waals surface area contributed by atoms with Crippen molar-refractivity contribution in [1.29, 1.82) is 0 Å². The fourth-order valence-electron chi connectivity index (χ4n) is 3.60. The van der Waals surface area contributed by atoms with Crippen molar-refractivity contribution in [3.8, 4) is 0 Å². The molecule has 1 saturated carbocycles. The molecule has 2 aliphatic rings. The summed E-state index contributed by atoms with van der Waals surface area (Å²) in [7, 11) is 3.39. The minimum absolute atomic E-state index is 0.0168. The predicted octanol–water partition coefficient (Wildman–Crippen LogP) is 0.958. The van der Waals surface area contributed by atoms with Crippen LogP contribution in [0.15, 0.2) is 0 Å². The lowest BCUT2D eigenvalue weighted by molar-refractivity contribution is -0.149. The van der Waals surface area contributed by atoms with Crippen molar-refractivity contribution < 1.29 is 19.5 Å². The molecule has 2 amide bonds. The van der Waals surface area contributed by atoms with Gasteiger partial charge in [-0.2, -0.15) is 0 Å². The zero-order valence-electron chi connectivity index (χ0n) is 12.8. The summed E-state index contributed by atoms with van der Waals surface area (Å²) in [5.41, 5.74) is -0.713. The Bertz CT molecular complexity index is 449. The first kappa shape index (κ1) is 15.8. The summed E-state index contributed by atoms with van der Waals surface area (Å²) in [6, 6.07) is 0. The third-order valence-electron chi connectivity index (χ3n) is 4.93. The number of hydrogen-bond donors (Lipinski definition) is 1. The van der Waals surface area contributed by atoms with Crippen LogP contribution in [0.5, 0.6) is 0 Å². The van der Waals surface area contributed by atoms with Gasteiger partial charge < -0.3 is 14.9 Å². The monoisotopic (exact) mass is 296 g/mol. The van der Waals surface area contributed by atoms with Crippen LogP contribution in [0, 0.1) is 11.3 Å². The Hall–Kier alpha value is -1.59. The smallest absolute Gasteiger partial charge is 0.311 e. The van der Waals surface area contributed by atoms with Crippen molar-refractivity contribution in [2.24, 2.45) is 11.3 Å². The van der Waals surface area contributed by atoms with Crippen molar-refractivity contribution in [2.75, 3.05) is 27.2 Å². The van der Waals surface area contributed by atoms with E-state index >= 15 is 0 Å². The molecule has 1 heterocycles. The van der Waals surface area contributed by atoms with Crippen molar-refractivity contribution in [3.05, 3.63) is 0 Å². The van der Waals surface area contributed by atoms with Gasteiger partial charge in [-0.15, -0.1) is 0 Å². The van der Waals surface area contributed by atoms with E-state index in [0.29, 0.717) is 38.8 Å². The normalized spacial score (nSPS) is 27.5. The molecular weight excluding hydrogens is 272 g/mol. The summed E-state index contributed by atoms with van der Waals surface area (Å²) < 4.78 is 0. The molecular formula is C15H24N2O4. The quantitative estimate of drug-likeness (QED) is 0.819. The number of amides is 2. The van der Waals surface area contributed by atoms with Gasteiger partial charge in [0, 0.05) is 40.0 Å². The Kier molecular flexibility index (Phi) is 4.54. The van der Waals surface area contributed by atoms with Crippen molar-refractivity contribution >= 4 is 17.8 Å². The molecule has 1 saturated heterocycles. The molecule has 0 aromatic heterocycles. The van der Waals surface area contributed by atoms with Gasteiger partial charge in [-0.3, -0.25) is 14.4 Å². The SMILES string of the molecule is CN(C)C(=O)CCCC(=O)N1C[C@@H]2CCC[C@@]2(C(=O)O)C1. The Labute approximate surface area is 125 Å². The lowest BCUT2D eigenvalue weighted by atomic mass is 9.81. The van der Waals surface area contributed by atoms with Gasteiger partial charge in [0.1, 0.15) is 0 Å². The highest BCUT2D eigenvalue weighted by Gasteiger charge is 2.55. The molecule has 0 unspecified atom stereocenters. The van der Waals surface area contributed by atoms with E-state index in [9.17, 15) is 19.5 Å². The van der Waals surface area contributed by atoms with Gasteiger partial charge in [0.2, 0.25) is 11.8 Å². The molecule has 1 aliphatic carbocycles. The molecule has 1 aliphatic heterocycles. The van der Waals surface area contributed by atoms with Crippen LogP contribution in [0.1, 0.15) is 38.5 Å². The van der Waals surface area contributed by atoms with Crippen molar-refractivity contribution in [1.82, 2.24) is 9.80 Å². The molecule has 6 nitrogen and oxygen atoms in total. The van der Waals surface area contributed by atoms with Crippen LogP contribution in [0.25, 0.3) is 0 Å². The number of carboxylic acid groups (broad SMARTS) is 1. The van der Waals surface area contributed by atoms with E-state index in [-0.39, 0.29) is 17.7 Å². The number of carbonyl (C=O) groups excluding carboxylic acids is 2. The maximum absolute atomic E-state index is 12.2. The predicted molar refractivity (Wildman–Crippen MR) is 76.5 cm³/mol. The number of carboxylic acids is 1. The second-order valence-corrected chi connectivity index (χ2v) is 6.47. The number of likely N-dealkylation sites (tertiary alicyclic amines) is 1. The first-order valence-corrected chi connectivity index (χ1v) is 7.58. The van der Waals surface area contributed by atoms with Gasteiger partial charge in [0.05, 0.1) is 5.41 Å². The maximum Gasteiger partial charge on any atom is 0.311 e. The van der Waals surface area contributed by atoms with Gasteiger partial charge in [-0.05, 0) is 25.2 Å². The molecule has 2 fully saturated rings. The second kappa shape index (κ2) is 6.03. The van der Waals surface area contributed by atoms with E-state index in [2.05, 4.69) is 0 Å². The van der Waals surface area contributed by atoms with Gasteiger partial charge in [-0.25, -0.2) is 0 Å². The summed E-state index contributed by atoms with van der Waals surface area (Å²) in [4.78, 5) is 38.4. The highest BCUT2D eigenvalue weighted by molar-refractivity contribution is 5.82. The summed E-state index contributed by atoms with van der Waals surface area (Å²) in [6.07, 6.45) is 3.72. The largest absolute Gasteiger partial charge is 0.481 e. The summed E-state index contributed by atoms with van der Waals surface area (Å²) in [5, 5.41) is 9.50. The van der Waals surface area contributed by atoms with E-state index in [0.717, 1.165) is 12.8 Å². The molecule has 0 bridgehead atoms. The van der Waals surface area contributed by atoms with Gasteiger partial charge in [0.25, 0.3) is 0 Å². The number of carbonyl (C=O) groups is 3. The molecule has 0 aromatic rings. The minimum atomic E-state index is -0.761. The third kappa shape index (κ3) is 3.04. The van der Waals surface area contributed by atoms with Crippen molar-refractivity contribution in [3.63, 3.8) is 0 Å². The molecule has 0 radical (unpaired) electrons. The van der Waals surface area contributed by atoms with E-state index in [1.807, 2.05) is 0 Å². The van der Waals surface area contributed by atoms with E-state index in [4.69, 9.17) is 0 Å². The molecule has 2 rings (SSSR count). The summed E-state index contributed by atoms with van der Waals surface area (Å²) >= 11 is 0. The average Bonchev–Trinajstić information content (AvgIpc) is 2.95. The topological polar surface area (TPSA) is 77.9 Å². The molecule has 6 heteroatoms. The maximum atomic E-state index is 12.2.